The van der Waals surface area contributed by atoms with Gasteiger partial charge in [0.1, 0.15) is 0 Å². The second kappa shape index (κ2) is 4.26. The van der Waals surface area contributed by atoms with Crippen LogP contribution in [0.25, 0.3) is 0 Å². The molecule has 0 aromatic carbocycles. The van der Waals surface area contributed by atoms with E-state index in [1.165, 1.54) is 6.42 Å². The topological polar surface area (TPSA) is 21.1 Å². The minimum absolute atomic E-state index is 0.953. The van der Waals surface area contributed by atoms with E-state index in [0.717, 1.165) is 18.8 Å². The van der Waals surface area contributed by atoms with Crippen LogP contribution in [-0.2, 0) is 13.6 Å². The lowest BCUT2D eigenvalue weighted by atomic mass is 10.4. The first-order valence-corrected chi connectivity index (χ1v) is 4.39. The number of hydrogen-bond donors (Lipinski definition) is 0. The summed E-state index contributed by atoms with van der Waals surface area (Å²) >= 11 is 0. The van der Waals surface area contributed by atoms with Crippen LogP contribution in [0.2, 0.25) is 0 Å². The Hall–Kier alpha value is -0.830. The lowest BCUT2D eigenvalue weighted by Crippen LogP contribution is -2.18. The summed E-state index contributed by atoms with van der Waals surface area (Å²) in [5, 5.41) is 4.31. The average molecular weight is 167 g/mol. The monoisotopic (exact) mass is 167 g/mol. The van der Waals surface area contributed by atoms with Gasteiger partial charge in [0.2, 0.25) is 0 Å². The molecule has 0 fully saturated rings. The van der Waals surface area contributed by atoms with Crippen LogP contribution < -0.4 is 0 Å². The van der Waals surface area contributed by atoms with E-state index < -0.39 is 0 Å². The van der Waals surface area contributed by atoms with Crippen LogP contribution in [0.4, 0.5) is 0 Å². The summed E-state index contributed by atoms with van der Waals surface area (Å²) in [6.07, 6.45) is 3.18. The van der Waals surface area contributed by atoms with Crippen LogP contribution in [0.5, 0.6) is 0 Å². The van der Waals surface area contributed by atoms with Crippen LogP contribution >= 0.6 is 0 Å². The Morgan fingerprint density at radius 3 is 2.83 bits per heavy atom. The van der Waals surface area contributed by atoms with E-state index in [0.29, 0.717) is 0 Å². The zero-order chi connectivity index (χ0) is 8.97. The maximum Gasteiger partial charge on any atom is 0.0764 e. The molecule has 0 radical (unpaired) electrons. The molecule has 12 heavy (non-hydrogen) atoms. The van der Waals surface area contributed by atoms with Crippen molar-refractivity contribution >= 4 is 0 Å². The first-order chi connectivity index (χ1) is 5.72. The van der Waals surface area contributed by atoms with Gasteiger partial charge in [0, 0.05) is 19.8 Å². The summed E-state index contributed by atoms with van der Waals surface area (Å²) in [5.74, 6) is 0. The van der Waals surface area contributed by atoms with Gasteiger partial charge in [-0.25, -0.2) is 0 Å². The number of aryl methyl sites for hydroxylation is 1. The maximum atomic E-state index is 4.31. The van der Waals surface area contributed by atoms with Crippen molar-refractivity contribution in [3.63, 3.8) is 0 Å². The zero-order valence-electron chi connectivity index (χ0n) is 8.12. The van der Waals surface area contributed by atoms with Gasteiger partial charge in [-0.1, -0.05) is 6.92 Å². The van der Waals surface area contributed by atoms with Crippen molar-refractivity contribution in [1.29, 1.82) is 0 Å². The van der Waals surface area contributed by atoms with Crippen LogP contribution in [0.3, 0.4) is 0 Å². The molecule has 0 bridgehead atoms. The van der Waals surface area contributed by atoms with Gasteiger partial charge in [-0.15, -0.1) is 0 Å². The third-order valence-corrected chi connectivity index (χ3v) is 1.81. The summed E-state index contributed by atoms with van der Waals surface area (Å²) in [4.78, 5) is 2.28. The summed E-state index contributed by atoms with van der Waals surface area (Å²) in [7, 11) is 4.07. The molecule has 1 aromatic rings. The van der Waals surface area contributed by atoms with E-state index in [9.17, 15) is 0 Å². The fourth-order valence-electron chi connectivity index (χ4n) is 1.28. The SMILES string of the molecule is CCCN(C)Cc1ccn(C)n1. The van der Waals surface area contributed by atoms with Gasteiger partial charge >= 0.3 is 0 Å². The van der Waals surface area contributed by atoms with Crippen molar-refractivity contribution in [2.75, 3.05) is 13.6 Å². The van der Waals surface area contributed by atoms with Gasteiger partial charge in [-0.3, -0.25) is 4.68 Å². The van der Waals surface area contributed by atoms with Crippen molar-refractivity contribution in [2.24, 2.45) is 7.05 Å². The Morgan fingerprint density at radius 1 is 1.58 bits per heavy atom. The van der Waals surface area contributed by atoms with Crippen LogP contribution in [-0.4, -0.2) is 28.3 Å². The molecule has 0 aliphatic heterocycles. The molecule has 0 unspecified atom stereocenters. The molecule has 1 aromatic heterocycles. The molecule has 68 valence electrons. The lowest BCUT2D eigenvalue weighted by molar-refractivity contribution is 0.322. The fourth-order valence-corrected chi connectivity index (χ4v) is 1.28. The molecule has 0 saturated heterocycles. The summed E-state index contributed by atoms with van der Waals surface area (Å²) in [6.45, 7) is 4.28. The van der Waals surface area contributed by atoms with Crippen LogP contribution in [0.15, 0.2) is 12.3 Å². The fraction of sp³-hybridized carbons (Fsp3) is 0.667. The molecule has 0 spiro atoms. The molecule has 1 rings (SSSR count). The third kappa shape index (κ3) is 2.66. The Bertz CT molecular complexity index is 229. The molecule has 3 heteroatoms. The highest BCUT2D eigenvalue weighted by molar-refractivity contribution is 4.97. The molecule has 1 heterocycles. The molecular formula is C9H17N3. The number of hydrogen-bond acceptors (Lipinski definition) is 2. The van der Waals surface area contributed by atoms with E-state index in [1.807, 2.05) is 17.9 Å². The largest absolute Gasteiger partial charge is 0.300 e. The quantitative estimate of drug-likeness (QED) is 0.673. The first-order valence-electron chi connectivity index (χ1n) is 4.39. The molecule has 0 aliphatic carbocycles. The molecule has 0 atom stereocenters. The van der Waals surface area contributed by atoms with Crippen LogP contribution in [0.1, 0.15) is 19.0 Å². The number of aromatic nitrogens is 2. The van der Waals surface area contributed by atoms with Crippen molar-refractivity contribution in [3.05, 3.63) is 18.0 Å². The Morgan fingerprint density at radius 2 is 2.33 bits per heavy atom. The highest BCUT2D eigenvalue weighted by Crippen LogP contribution is 1.99. The van der Waals surface area contributed by atoms with Gasteiger partial charge in [0.15, 0.2) is 0 Å². The normalized spacial score (nSPS) is 11.0. The zero-order valence-corrected chi connectivity index (χ0v) is 8.12. The smallest absolute Gasteiger partial charge is 0.0764 e. The molecule has 0 saturated carbocycles. The molecule has 3 nitrogen and oxygen atoms in total. The average Bonchev–Trinajstić information content (AvgIpc) is 2.36. The van der Waals surface area contributed by atoms with Gasteiger partial charge < -0.3 is 4.90 Å². The Balaban J connectivity index is 2.41. The third-order valence-electron chi connectivity index (χ3n) is 1.81. The number of rotatable bonds is 4. The van der Waals surface area contributed by atoms with E-state index >= 15 is 0 Å². The van der Waals surface area contributed by atoms with Crippen molar-refractivity contribution in [2.45, 2.75) is 19.9 Å². The predicted octanol–water partition coefficient (Wildman–Crippen LogP) is 1.26. The second-order valence-electron chi connectivity index (χ2n) is 3.22. The maximum absolute atomic E-state index is 4.31. The van der Waals surface area contributed by atoms with E-state index in [1.54, 1.807) is 0 Å². The summed E-state index contributed by atoms with van der Waals surface area (Å²) in [5.41, 5.74) is 1.15. The standard InChI is InChI=1S/C9H17N3/c1-4-6-11(2)8-9-5-7-12(3)10-9/h5,7H,4,6,8H2,1-3H3. The number of nitrogens with zero attached hydrogens (tertiary/aromatic N) is 3. The van der Waals surface area contributed by atoms with Crippen LogP contribution in [0, 0.1) is 0 Å². The second-order valence-corrected chi connectivity index (χ2v) is 3.22. The Labute approximate surface area is 74.0 Å². The van der Waals surface area contributed by atoms with Crippen molar-refractivity contribution in [3.8, 4) is 0 Å². The van der Waals surface area contributed by atoms with Crippen molar-refractivity contribution < 1.29 is 0 Å². The summed E-state index contributed by atoms with van der Waals surface area (Å²) < 4.78 is 1.84. The Kier molecular flexibility index (Phi) is 3.29. The van der Waals surface area contributed by atoms with E-state index in [4.69, 9.17) is 0 Å². The van der Waals surface area contributed by atoms with E-state index in [-0.39, 0.29) is 0 Å². The highest BCUT2D eigenvalue weighted by Gasteiger charge is 2.00. The van der Waals surface area contributed by atoms with Gasteiger partial charge in [-0.05, 0) is 26.1 Å². The molecular weight excluding hydrogens is 150 g/mol. The van der Waals surface area contributed by atoms with E-state index in [2.05, 4.69) is 30.0 Å². The van der Waals surface area contributed by atoms with Crippen molar-refractivity contribution in [1.82, 2.24) is 14.7 Å². The molecule has 0 aliphatic rings. The predicted molar refractivity (Wildman–Crippen MR) is 49.8 cm³/mol. The van der Waals surface area contributed by atoms with Gasteiger partial charge in [0.05, 0.1) is 5.69 Å². The summed E-state index contributed by atoms with van der Waals surface area (Å²) in [6, 6.07) is 2.06. The highest BCUT2D eigenvalue weighted by atomic mass is 15.3. The lowest BCUT2D eigenvalue weighted by Gasteiger charge is -2.12. The molecule has 0 N–H and O–H groups in total. The minimum Gasteiger partial charge on any atom is -0.300 e. The van der Waals surface area contributed by atoms with Gasteiger partial charge in [-0.2, -0.15) is 5.10 Å². The minimum atomic E-state index is 0.953. The molecule has 0 amide bonds. The van der Waals surface area contributed by atoms with Gasteiger partial charge in [0.25, 0.3) is 0 Å². The first kappa shape index (κ1) is 9.26.